The van der Waals surface area contributed by atoms with Gasteiger partial charge < -0.3 is 15.2 Å². The minimum atomic E-state index is -4.36. The van der Waals surface area contributed by atoms with Crippen molar-refractivity contribution in [3.63, 3.8) is 0 Å². The summed E-state index contributed by atoms with van der Waals surface area (Å²) < 4.78 is 27.7. The van der Waals surface area contributed by atoms with E-state index in [1.807, 2.05) is 85.3 Å². The zero-order chi connectivity index (χ0) is 35.4. The van der Waals surface area contributed by atoms with E-state index in [2.05, 4.69) is 25.2 Å². The number of aryl methyl sites for hydroxylation is 2. The molecule has 0 fully saturated rings. The van der Waals surface area contributed by atoms with E-state index >= 15 is 0 Å². The molecule has 0 aliphatic heterocycles. The molecule has 3 heterocycles. The summed E-state index contributed by atoms with van der Waals surface area (Å²) >= 11 is 2.35. The van der Waals surface area contributed by atoms with Gasteiger partial charge >= 0.3 is 0 Å². The number of nitrogens with one attached hydrogen (secondary N) is 3. The summed E-state index contributed by atoms with van der Waals surface area (Å²) in [6.07, 6.45) is 1.82. The first-order valence-electron chi connectivity index (χ1n) is 15.6. The molecule has 0 aliphatic rings. The van der Waals surface area contributed by atoms with Crippen molar-refractivity contribution in [1.82, 2.24) is 30.1 Å². The number of sulfonamides is 1. The second kappa shape index (κ2) is 14.7. The lowest BCUT2D eigenvalue weighted by molar-refractivity contribution is -0.130. The molecule has 3 amide bonds. The zero-order valence-electron chi connectivity index (χ0n) is 27.4. The van der Waals surface area contributed by atoms with Crippen molar-refractivity contribution in [2.45, 2.75) is 43.1 Å². The summed E-state index contributed by atoms with van der Waals surface area (Å²) in [6, 6.07) is 20.3. The van der Waals surface area contributed by atoms with Crippen LogP contribution in [0.25, 0.3) is 22.0 Å². The summed E-state index contributed by atoms with van der Waals surface area (Å²) in [5, 5.41) is 14.8. The highest BCUT2D eigenvalue weighted by Gasteiger charge is 2.34. The first kappa shape index (κ1) is 34.7. The monoisotopic (exact) mass is 726 g/mol. The molecule has 6 aromatic rings. The van der Waals surface area contributed by atoms with Gasteiger partial charge in [0.15, 0.2) is 0 Å². The van der Waals surface area contributed by atoms with Crippen molar-refractivity contribution in [1.29, 1.82) is 0 Å². The molecule has 0 bridgehead atoms. The second-order valence-corrected chi connectivity index (χ2v) is 15.5. The number of hydrogen-bond acceptors (Lipinski definition) is 9. The fourth-order valence-electron chi connectivity index (χ4n) is 5.86. The van der Waals surface area contributed by atoms with Crippen LogP contribution < -0.4 is 10.0 Å². The molecule has 14 heteroatoms. The van der Waals surface area contributed by atoms with Crippen LogP contribution >= 0.6 is 22.7 Å². The van der Waals surface area contributed by atoms with Gasteiger partial charge in [0, 0.05) is 42.6 Å². The minimum absolute atomic E-state index is 0.0377. The van der Waals surface area contributed by atoms with Gasteiger partial charge in [-0.3, -0.25) is 14.4 Å². The third-order valence-corrected chi connectivity index (χ3v) is 11.5. The first-order valence-corrected chi connectivity index (χ1v) is 18.9. The third kappa shape index (κ3) is 7.83. The van der Waals surface area contributed by atoms with Crippen LogP contribution in [0.15, 0.2) is 99.6 Å². The normalized spacial score (nSPS) is 12.7. The van der Waals surface area contributed by atoms with Crippen LogP contribution in [-0.4, -0.2) is 65.4 Å². The Bertz CT molecular complexity index is 2230. The Labute approximate surface area is 297 Å². The van der Waals surface area contributed by atoms with Gasteiger partial charge in [0.2, 0.25) is 5.91 Å². The van der Waals surface area contributed by atoms with Crippen molar-refractivity contribution < 1.29 is 22.8 Å². The van der Waals surface area contributed by atoms with Gasteiger partial charge in [0.25, 0.3) is 26.2 Å². The number of rotatable bonds is 12. The van der Waals surface area contributed by atoms with Gasteiger partial charge in [-0.1, -0.05) is 71.0 Å². The van der Waals surface area contributed by atoms with Crippen molar-refractivity contribution >= 4 is 61.3 Å². The quantitative estimate of drug-likeness (QED) is 0.155. The number of carbonyl (C=O) groups is 3. The Hall–Kier alpha value is -5.18. The van der Waals surface area contributed by atoms with E-state index in [9.17, 15) is 22.8 Å². The molecule has 0 unspecified atom stereocenters. The number of benzene rings is 3. The summed E-state index contributed by atoms with van der Waals surface area (Å²) in [6.45, 7) is 3.79. The number of thiophene rings is 1. The molecule has 2 atom stereocenters. The summed E-state index contributed by atoms with van der Waals surface area (Å²) in [7, 11) is -2.81. The van der Waals surface area contributed by atoms with Crippen LogP contribution in [-0.2, 0) is 32.5 Å². The highest BCUT2D eigenvalue weighted by atomic mass is 32.2. The Morgan fingerprint density at radius 1 is 0.920 bits per heavy atom. The van der Waals surface area contributed by atoms with E-state index in [0.29, 0.717) is 11.1 Å². The van der Waals surface area contributed by atoms with Gasteiger partial charge in [-0.2, -0.15) is 19.8 Å². The fourth-order valence-corrected chi connectivity index (χ4v) is 8.21. The maximum atomic E-state index is 14.4. The lowest BCUT2D eigenvalue weighted by Crippen LogP contribution is -2.56. The van der Waals surface area contributed by atoms with E-state index in [1.54, 1.807) is 36.7 Å². The van der Waals surface area contributed by atoms with Crippen LogP contribution in [0.3, 0.4) is 0 Å². The molecule has 3 aromatic heterocycles. The number of likely N-dealkylation sites (N-methyl/N-ethyl adjacent to an activating group) is 1. The van der Waals surface area contributed by atoms with E-state index in [1.165, 1.54) is 10.4 Å². The molecular weight excluding hydrogens is 693 g/mol. The predicted octanol–water partition coefficient (Wildman–Crippen LogP) is 5.28. The Morgan fingerprint density at radius 2 is 1.66 bits per heavy atom. The largest absolute Gasteiger partial charge is 0.361 e. The zero-order valence-corrected chi connectivity index (χ0v) is 29.9. The number of carbonyl (C=O) groups excluding carboxylic acids is 3. The molecule has 0 aliphatic carbocycles. The lowest BCUT2D eigenvalue weighted by Gasteiger charge is -2.29. The highest BCUT2D eigenvalue weighted by Crippen LogP contribution is 2.24. The average molecular weight is 727 g/mol. The summed E-state index contributed by atoms with van der Waals surface area (Å²) in [5.41, 5.74) is 7.86. The van der Waals surface area contributed by atoms with Gasteiger partial charge in [-0.05, 0) is 71.1 Å². The summed E-state index contributed by atoms with van der Waals surface area (Å²) in [5.74, 6) is -1.95. The van der Waals surface area contributed by atoms with Crippen molar-refractivity contribution in [3.05, 3.63) is 123 Å². The van der Waals surface area contributed by atoms with E-state index < -0.39 is 33.9 Å². The molecule has 3 N–H and O–H groups in total. The van der Waals surface area contributed by atoms with Crippen LogP contribution in [0.2, 0.25) is 0 Å². The number of aromatic amines is 1. The molecule has 0 saturated heterocycles. The van der Waals surface area contributed by atoms with Gasteiger partial charge in [-0.15, -0.1) is 10.2 Å². The average Bonchev–Trinajstić information content (AvgIpc) is 3.90. The predicted molar refractivity (Wildman–Crippen MR) is 194 cm³/mol. The standard InChI is InChI=1S/C36H34N6O5S3/c1-22-14-23(2)16-27(15-22)35(45)42(3)32(17-24-8-10-25(11-9-24)26-12-13-48-20-26)34(44)39-31(18-28-19-37-30-7-5-4-6-29(28)30)33(43)41-50(46,47)36-40-38-21-49-36/h4-16,19-21,31-32,37H,17-18H2,1-3H3,(H,39,44)(H,41,43)/t31-,32+/m0/s1. The number of hydrogen-bond donors (Lipinski definition) is 3. The van der Waals surface area contributed by atoms with Gasteiger partial charge in [-0.25, -0.2) is 4.72 Å². The molecule has 0 spiro atoms. The molecule has 3 aromatic carbocycles. The number of H-pyrrole nitrogens is 1. The maximum absolute atomic E-state index is 14.4. The van der Waals surface area contributed by atoms with Crippen LogP contribution in [0, 0.1) is 13.8 Å². The maximum Gasteiger partial charge on any atom is 0.293 e. The number of nitrogens with zero attached hydrogens (tertiary/aromatic N) is 3. The molecule has 50 heavy (non-hydrogen) atoms. The first-order chi connectivity index (χ1) is 24.0. The topological polar surface area (TPSA) is 154 Å². The molecule has 256 valence electrons. The van der Waals surface area contributed by atoms with Crippen molar-refractivity contribution in [3.8, 4) is 11.1 Å². The highest BCUT2D eigenvalue weighted by molar-refractivity contribution is 7.92. The van der Waals surface area contributed by atoms with Gasteiger partial charge in [0.1, 0.15) is 17.6 Å². The van der Waals surface area contributed by atoms with Crippen LogP contribution in [0.5, 0.6) is 0 Å². The van der Waals surface area contributed by atoms with E-state index in [-0.39, 0.29) is 23.1 Å². The van der Waals surface area contributed by atoms with Crippen LogP contribution in [0.1, 0.15) is 32.6 Å². The number of para-hydroxylation sites is 1. The Balaban J connectivity index is 1.33. The number of aromatic nitrogens is 3. The fraction of sp³-hybridized carbons (Fsp3) is 0.194. The minimum Gasteiger partial charge on any atom is -0.361 e. The Morgan fingerprint density at radius 3 is 2.34 bits per heavy atom. The van der Waals surface area contributed by atoms with Crippen molar-refractivity contribution in [2.24, 2.45) is 0 Å². The lowest BCUT2D eigenvalue weighted by atomic mass is 9.99. The molecule has 0 radical (unpaired) electrons. The van der Waals surface area contributed by atoms with Gasteiger partial charge in [0.05, 0.1) is 0 Å². The summed E-state index contributed by atoms with van der Waals surface area (Å²) in [4.78, 5) is 46.5. The van der Waals surface area contributed by atoms with E-state index in [4.69, 9.17) is 0 Å². The number of fused-ring (bicyclic) bond motifs is 1. The SMILES string of the molecule is Cc1cc(C)cc(C(=O)N(C)[C@H](Cc2ccc(-c3ccsc3)cc2)C(=O)N[C@@H](Cc2c[nH]c3ccccc23)C(=O)NS(=O)(=O)c2nncs2)c1. The third-order valence-electron chi connectivity index (χ3n) is 8.33. The van der Waals surface area contributed by atoms with Crippen LogP contribution in [0.4, 0.5) is 0 Å². The number of amides is 3. The van der Waals surface area contributed by atoms with Crippen molar-refractivity contribution in [2.75, 3.05) is 7.05 Å². The molecular formula is C36H34N6O5S3. The van der Waals surface area contributed by atoms with E-state index in [0.717, 1.165) is 50.1 Å². The molecule has 11 nitrogen and oxygen atoms in total. The molecule has 0 saturated carbocycles. The smallest absolute Gasteiger partial charge is 0.293 e. The molecule has 6 rings (SSSR count). The second-order valence-electron chi connectivity index (χ2n) is 12.0. The Kier molecular flexibility index (Phi) is 10.2.